The van der Waals surface area contributed by atoms with E-state index in [0.717, 1.165) is 32.7 Å². The number of carbonyl (C=O) groups is 2. The number of allylic oxidation sites excluding steroid dienone is 3. The average Bonchev–Trinajstić information content (AvgIpc) is 2.78. The summed E-state index contributed by atoms with van der Waals surface area (Å²) in [6, 6.07) is 15.7. The summed E-state index contributed by atoms with van der Waals surface area (Å²) >= 11 is 3.47. The minimum Gasteiger partial charge on any atom is -0.497 e. The number of nitrogens with one attached hydrogen (secondary N) is 1. The molecule has 4 rings (SSSR count). The zero-order valence-electron chi connectivity index (χ0n) is 18.4. The number of esters is 1. The molecular weight excluding hydrogens is 470 g/mol. The third-order valence-corrected chi connectivity index (χ3v) is 6.64. The third-order valence-electron chi connectivity index (χ3n) is 6.11. The summed E-state index contributed by atoms with van der Waals surface area (Å²) in [4.78, 5) is 26.4. The van der Waals surface area contributed by atoms with Gasteiger partial charge in [-0.05, 0) is 61.6 Å². The molecule has 5 nitrogen and oxygen atoms in total. The van der Waals surface area contributed by atoms with Crippen LogP contribution >= 0.6 is 15.9 Å². The molecule has 0 saturated heterocycles. The first kappa shape index (κ1) is 22.3. The molecule has 32 heavy (non-hydrogen) atoms. The van der Waals surface area contributed by atoms with Gasteiger partial charge in [-0.25, -0.2) is 4.79 Å². The number of ketones is 1. The quantitative estimate of drug-likeness (QED) is 0.563. The number of ether oxygens (including phenoxy) is 2. The molecule has 0 spiro atoms. The molecular formula is C26H26BrNO4. The maximum Gasteiger partial charge on any atom is 0.336 e. The molecule has 2 aromatic carbocycles. The van der Waals surface area contributed by atoms with Gasteiger partial charge in [-0.1, -0.05) is 40.2 Å². The van der Waals surface area contributed by atoms with Crippen LogP contribution in [0.1, 0.15) is 49.7 Å². The van der Waals surface area contributed by atoms with Crippen LogP contribution in [-0.2, 0) is 14.3 Å². The van der Waals surface area contributed by atoms with E-state index in [0.29, 0.717) is 24.0 Å². The van der Waals surface area contributed by atoms with Gasteiger partial charge in [-0.2, -0.15) is 0 Å². The number of hydrogen-bond donors (Lipinski definition) is 1. The second-order valence-electron chi connectivity index (χ2n) is 8.06. The predicted molar refractivity (Wildman–Crippen MR) is 126 cm³/mol. The first-order valence-electron chi connectivity index (χ1n) is 10.7. The Morgan fingerprint density at radius 3 is 2.34 bits per heavy atom. The largest absolute Gasteiger partial charge is 0.497 e. The van der Waals surface area contributed by atoms with Crippen molar-refractivity contribution >= 4 is 27.7 Å². The Morgan fingerprint density at radius 1 is 1.06 bits per heavy atom. The van der Waals surface area contributed by atoms with E-state index in [9.17, 15) is 9.59 Å². The van der Waals surface area contributed by atoms with Crippen molar-refractivity contribution < 1.29 is 19.1 Å². The summed E-state index contributed by atoms with van der Waals surface area (Å²) in [5.41, 5.74) is 4.81. The second-order valence-corrected chi connectivity index (χ2v) is 8.98. The van der Waals surface area contributed by atoms with Crippen LogP contribution < -0.4 is 10.1 Å². The number of carbonyl (C=O) groups excluding carboxylic acids is 2. The molecule has 0 fully saturated rings. The van der Waals surface area contributed by atoms with Gasteiger partial charge in [-0.15, -0.1) is 0 Å². The van der Waals surface area contributed by atoms with Crippen LogP contribution in [0.15, 0.2) is 75.5 Å². The fourth-order valence-corrected chi connectivity index (χ4v) is 4.88. The van der Waals surface area contributed by atoms with E-state index in [4.69, 9.17) is 9.47 Å². The number of dihydropyridines is 1. The van der Waals surface area contributed by atoms with Gasteiger partial charge in [-0.3, -0.25) is 4.79 Å². The van der Waals surface area contributed by atoms with E-state index in [1.54, 1.807) is 14.0 Å². The number of methoxy groups -OCH3 is 1. The van der Waals surface area contributed by atoms with Crippen molar-refractivity contribution in [2.75, 3.05) is 13.7 Å². The summed E-state index contributed by atoms with van der Waals surface area (Å²) in [6.07, 6.45) is 1.10. The van der Waals surface area contributed by atoms with E-state index in [1.807, 2.05) is 55.5 Å². The molecule has 166 valence electrons. The van der Waals surface area contributed by atoms with Crippen LogP contribution in [-0.4, -0.2) is 25.5 Å². The van der Waals surface area contributed by atoms with Gasteiger partial charge in [0.25, 0.3) is 0 Å². The van der Waals surface area contributed by atoms with Crippen molar-refractivity contribution in [2.24, 2.45) is 0 Å². The van der Waals surface area contributed by atoms with Gasteiger partial charge < -0.3 is 14.8 Å². The van der Waals surface area contributed by atoms with Crippen molar-refractivity contribution in [3.05, 3.63) is 86.7 Å². The zero-order chi connectivity index (χ0) is 22.8. The van der Waals surface area contributed by atoms with Gasteiger partial charge in [0.2, 0.25) is 0 Å². The summed E-state index contributed by atoms with van der Waals surface area (Å²) in [6.45, 7) is 3.94. The molecule has 1 aliphatic heterocycles. The fourth-order valence-electron chi connectivity index (χ4n) is 4.62. The number of rotatable bonds is 5. The molecule has 0 bridgehead atoms. The van der Waals surface area contributed by atoms with Crippen LogP contribution in [0.5, 0.6) is 5.75 Å². The maximum atomic E-state index is 13.5. The molecule has 0 amide bonds. The minimum absolute atomic E-state index is 0.0572. The zero-order valence-corrected chi connectivity index (χ0v) is 20.0. The van der Waals surface area contributed by atoms with Crippen LogP contribution in [0.4, 0.5) is 0 Å². The van der Waals surface area contributed by atoms with Crippen molar-refractivity contribution in [1.82, 2.24) is 5.32 Å². The highest BCUT2D eigenvalue weighted by Crippen LogP contribution is 2.46. The molecule has 1 heterocycles. The Hall–Kier alpha value is -2.86. The molecule has 1 aliphatic carbocycles. The number of halogens is 1. The highest BCUT2D eigenvalue weighted by atomic mass is 79.9. The lowest BCUT2D eigenvalue weighted by Gasteiger charge is -2.36. The fraction of sp³-hybridized carbons (Fsp3) is 0.308. The number of hydrogen-bond acceptors (Lipinski definition) is 5. The lowest BCUT2D eigenvalue weighted by atomic mass is 9.72. The molecule has 0 saturated carbocycles. The third kappa shape index (κ3) is 4.24. The lowest BCUT2D eigenvalue weighted by molar-refractivity contribution is -0.138. The van der Waals surface area contributed by atoms with E-state index in [1.165, 1.54) is 0 Å². The summed E-state index contributed by atoms with van der Waals surface area (Å²) < 4.78 is 11.6. The minimum atomic E-state index is -0.442. The van der Waals surface area contributed by atoms with Gasteiger partial charge in [0.15, 0.2) is 5.78 Å². The van der Waals surface area contributed by atoms with Gasteiger partial charge in [0.1, 0.15) is 5.75 Å². The van der Waals surface area contributed by atoms with Crippen molar-refractivity contribution in [1.29, 1.82) is 0 Å². The van der Waals surface area contributed by atoms with Crippen LogP contribution in [0.2, 0.25) is 0 Å². The van der Waals surface area contributed by atoms with Gasteiger partial charge in [0, 0.05) is 33.8 Å². The first-order chi connectivity index (χ1) is 15.4. The maximum absolute atomic E-state index is 13.5. The smallest absolute Gasteiger partial charge is 0.336 e. The van der Waals surface area contributed by atoms with Gasteiger partial charge >= 0.3 is 5.97 Å². The lowest BCUT2D eigenvalue weighted by Crippen LogP contribution is -2.36. The van der Waals surface area contributed by atoms with E-state index in [2.05, 4.69) is 21.2 Å². The summed E-state index contributed by atoms with van der Waals surface area (Å²) in [5, 5.41) is 3.38. The normalized spacial score (nSPS) is 20.6. The van der Waals surface area contributed by atoms with E-state index < -0.39 is 5.92 Å². The first-order valence-corrected chi connectivity index (χ1v) is 11.5. The molecule has 2 aromatic rings. The Morgan fingerprint density at radius 2 is 1.72 bits per heavy atom. The molecule has 0 radical (unpaired) electrons. The van der Waals surface area contributed by atoms with Gasteiger partial charge in [0.05, 0.1) is 19.3 Å². The summed E-state index contributed by atoms with van der Waals surface area (Å²) in [5.74, 6) is 0.0912. The van der Waals surface area contributed by atoms with Crippen LogP contribution in [0, 0.1) is 0 Å². The highest BCUT2D eigenvalue weighted by Gasteiger charge is 2.41. The Balaban J connectivity index is 1.76. The standard InChI is InChI=1S/C26H26BrNO4/c1-4-32-26(30)23-15(2)28-21-13-18(16-7-11-20(31-3)12-8-16)14-22(29)25(21)24(23)17-5-9-19(27)10-6-17/h5-12,18,24,28H,4,13-14H2,1-3H3. The van der Waals surface area contributed by atoms with Crippen LogP contribution in [0.25, 0.3) is 0 Å². The molecule has 2 atom stereocenters. The Kier molecular flexibility index (Phi) is 6.51. The number of Topliss-reactive ketones (excluding diaryl/α,β-unsaturated/α-hetero) is 1. The van der Waals surface area contributed by atoms with E-state index >= 15 is 0 Å². The second kappa shape index (κ2) is 9.33. The van der Waals surface area contributed by atoms with Crippen molar-refractivity contribution in [2.45, 2.75) is 38.5 Å². The Labute approximate surface area is 196 Å². The number of benzene rings is 2. The highest BCUT2D eigenvalue weighted by molar-refractivity contribution is 9.10. The molecule has 0 aromatic heterocycles. The average molecular weight is 496 g/mol. The monoisotopic (exact) mass is 495 g/mol. The van der Waals surface area contributed by atoms with Crippen molar-refractivity contribution in [3.63, 3.8) is 0 Å². The van der Waals surface area contributed by atoms with E-state index in [-0.39, 0.29) is 24.3 Å². The molecule has 2 unspecified atom stereocenters. The SMILES string of the molecule is CCOC(=O)C1=C(C)NC2=C(C(=O)CC(c3ccc(OC)cc3)C2)C1c1ccc(Br)cc1. The van der Waals surface area contributed by atoms with Crippen molar-refractivity contribution in [3.8, 4) is 5.75 Å². The van der Waals surface area contributed by atoms with Crippen LogP contribution in [0.3, 0.4) is 0 Å². The Bertz CT molecular complexity index is 1100. The molecule has 6 heteroatoms. The molecule has 2 aliphatic rings. The summed E-state index contributed by atoms with van der Waals surface area (Å²) in [7, 11) is 1.64. The molecule has 1 N–H and O–H groups in total. The predicted octanol–water partition coefficient (Wildman–Crippen LogP) is 5.38. The topological polar surface area (TPSA) is 64.6 Å².